The van der Waals surface area contributed by atoms with Crippen LogP contribution in [0.4, 0.5) is 34.5 Å². The van der Waals surface area contributed by atoms with E-state index in [0.717, 1.165) is 41.7 Å². The lowest BCUT2D eigenvalue weighted by molar-refractivity contribution is -0.111. The van der Waals surface area contributed by atoms with Crippen molar-refractivity contribution < 1.29 is 13.2 Å². The van der Waals surface area contributed by atoms with Crippen LogP contribution in [-0.2, 0) is 14.8 Å². The first-order chi connectivity index (χ1) is 19.0. The van der Waals surface area contributed by atoms with Crippen LogP contribution in [0.25, 0.3) is 0 Å². The second-order valence-electron chi connectivity index (χ2n) is 9.59. The summed E-state index contributed by atoms with van der Waals surface area (Å²) >= 11 is 6.38. The lowest BCUT2D eigenvalue weighted by Gasteiger charge is -2.35. The molecular weight excluding hydrogens is 552 g/mol. The van der Waals surface area contributed by atoms with Crippen molar-refractivity contribution in [3.63, 3.8) is 0 Å². The normalized spacial score (nSPS) is 14.2. The van der Waals surface area contributed by atoms with E-state index in [-0.39, 0.29) is 27.6 Å². The van der Waals surface area contributed by atoms with Crippen LogP contribution in [-0.4, -0.2) is 80.8 Å². The van der Waals surface area contributed by atoms with Gasteiger partial charge in [0.05, 0.1) is 23.3 Å². The molecule has 3 N–H and O–H groups in total. The van der Waals surface area contributed by atoms with E-state index in [1.165, 1.54) is 32.4 Å². The smallest absolute Gasteiger partial charge is 0.247 e. The van der Waals surface area contributed by atoms with Crippen LogP contribution in [0.15, 0.2) is 60.1 Å². The number of carbonyl (C=O) groups is 1. The topological polar surface area (TPSA) is 123 Å². The molecule has 212 valence electrons. The fraction of sp³-hybridized carbons (Fsp3) is 0.296. The van der Waals surface area contributed by atoms with Crippen LogP contribution in [0.5, 0.6) is 0 Å². The second-order valence-corrected chi connectivity index (χ2v) is 12.1. The Morgan fingerprint density at radius 1 is 1.07 bits per heavy atom. The lowest BCUT2D eigenvalue weighted by Crippen LogP contribution is -2.44. The van der Waals surface area contributed by atoms with E-state index in [1.807, 2.05) is 19.1 Å². The molecule has 2 heterocycles. The van der Waals surface area contributed by atoms with Crippen molar-refractivity contribution in [3.05, 3.63) is 65.8 Å². The number of likely N-dealkylation sites (N-methyl/N-ethyl adjacent to an activating group) is 1. The minimum absolute atomic E-state index is 0.0853. The molecule has 0 aliphatic carbocycles. The Labute approximate surface area is 239 Å². The van der Waals surface area contributed by atoms with Gasteiger partial charge in [0.2, 0.25) is 21.9 Å². The fourth-order valence-electron chi connectivity index (χ4n) is 4.17. The maximum absolute atomic E-state index is 12.8. The van der Waals surface area contributed by atoms with Crippen molar-refractivity contribution in [1.29, 1.82) is 0 Å². The molecule has 1 aliphatic rings. The van der Waals surface area contributed by atoms with Gasteiger partial charge in [0.15, 0.2) is 5.82 Å². The van der Waals surface area contributed by atoms with Crippen LogP contribution in [0.3, 0.4) is 0 Å². The average Bonchev–Trinajstić information content (AvgIpc) is 2.92. The van der Waals surface area contributed by atoms with Gasteiger partial charge in [0, 0.05) is 46.0 Å². The van der Waals surface area contributed by atoms with Crippen LogP contribution < -0.4 is 20.9 Å². The summed E-state index contributed by atoms with van der Waals surface area (Å²) in [5, 5.41) is 9.37. The van der Waals surface area contributed by atoms with Crippen LogP contribution >= 0.6 is 11.6 Å². The third-order valence-corrected chi connectivity index (χ3v) is 8.67. The first-order valence-corrected chi connectivity index (χ1v) is 14.4. The maximum Gasteiger partial charge on any atom is 0.247 e. The highest BCUT2D eigenvalue weighted by atomic mass is 35.5. The first kappa shape index (κ1) is 29.3. The standard InChI is InChI=1S/C27H33ClN8O3S/c1-6-25(37)30-22-16-21(18(2)15-23(22)36-13-11-35(5)12-14-36)32-27-29-17-19(28)26(33-27)31-20-9-7-8-10-24(20)40(38,39)34(3)4/h6-10,15-17H,1,11-14H2,2-5H3,(H,30,37)(H2,29,31,32,33). The van der Waals surface area contributed by atoms with Crippen LogP contribution in [0.2, 0.25) is 5.02 Å². The summed E-state index contributed by atoms with van der Waals surface area (Å²) < 4.78 is 26.8. The Balaban J connectivity index is 1.66. The first-order valence-electron chi connectivity index (χ1n) is 12.6. The third kappa shape index (κ3) is 6.53. The quantitative estimate of drug-likeness (QED) is 0.320. The molecule has 13 heteroatoms. The van der Waals surface area contributed by atoms with Gasteiger partial charge >= 0.3 is 0 Å². The number of benzene rings is 2. The number of aromatic nitrogens is 2. The van der Waals surface area contributed by atoms with Gasteiger partial charge < -0.3 is 25.8 Å². The summed E-state index contributed by atoms with van der Waals surface area (Å²) in [6.07, 6.45) is 2.66. The number of aryl methyl sites for hydroxylation is 1. The number of nitrogens with zero attached hydrogens (tertiary/aromatic N) is 5. The molecule has 1 aliphatic heterocycles. The van der Waals surface area contributed by atoms with Gasteiger partial charge in [0.25, 0.3) is 0 Å². The summed E-state index contributed by atoms with van der Waals surface area (Å²) in [5.41, 5.74) is 3.48. The number of nitrogens with one attached hydrogen (secondary N) is 3. The molecule has 40 heavy (non-hydrogen) atoms. The molecule has 1 aromatic heterocycles. The summed E-state index contributed by atoms with van der Waals surface area (Å²) in [5.74, 6) is 0.148. The molecule has 0 spiro atoms. The van der Waals surface area contributed by atoms with Crippen molar-refractivity contribution in [3.8, 4) is 0 Å². The van der Waals surface area contributed by atoms with Crippen molar-refractivity contribution >= 4 is 62.0 Å². The number of carbonyl (C=O) groups excluding carboxylic acids is 1. The molecule has 3 aromatic rings. The maximum atomic E-state index is 12.8. The van der Waals surface area contributed by atoms with E-state index < -0.39 is 10.0 Å². The molecule has 1 amide bonds. The molecule has 0 radical (unpaired) electrons. The molecule has 0 atom stereocenters. The summed E-state index contributed by atoms with van der Waals surface area (Å²) in [4.78, 5) is 25.7. The molecule has 1 saturated heterocycles. The Hall–Kier alpha value is -3.71. The average molecular weight is 585 g/mol. The monoisotopic (exact) mass is 584 g/mol. The van der Waals surface area contributed by atoms with Gasteiger partial charge in [-0.25, -0.2) is 17.7 Å². The molecule has 4 rings (SSSR count). The highest BCUT2D eigenvalue weighted by Gasteiger charge is 2.22. The van der Waals surface area contributed by atoms with Crippen molar-refractivity contribution in [1.82, 2.24) is 19.2 Å². The number of rotatable bonds is 9. The number of hydrogen-bond donors (Lipinski definition) is 3. The van der Waals surface area contributed by atoms with E-state index in [0.29, 0.717) is 17.1 Å². The highest BCUT2D eigenvalue weighted by Crippen LogP contribution is 2.35. The number of sulfonamides is 1. The summed E-state index contributed by atoms with van der Waals surface area (Å²) in [6.45, 7) is 9.03. The van der Waals surface area contributed by atoms with Gasteiger partial charge in [0.1, 0.15) is 9.92 Å². The Morgan fingerprint density at radius 3 is 2.45 bits per heavy atom. The third-order valence-electron chi connectivity index (χ3n) is 6.52. The van der Waals surface area contributed by atoms with Gasteiger partial charge in [-0.2, -0.15) is 4.98 Å². The molecule has 0 saturated carbocycles. The van der Waals surface area contributed by atoms with Crippen LogP contribution in [0, 0.1) is 6.92 Å². The van der Waals surface area contributed by atoms with Crippen molar-refractivity contribution in [2.75, 3.05) is 68.2 Å². The number of anilines is 6. The highest BCUT2D eigenvalue weighted by molar-refractivity contribution is 7.89. The van der Waals surface area contributed by atoms with E-state index in [2.05, 4.69) is 49.3 Å². The number of piperazine rings is 1. The Bertz CT molecular complexity index is 1520. The van der Waals surface area contributed by atoms with Gasteiger partial charge in [-0.3, -0.25) is 4.79 Å². The largest absolute Gasteiger partial charge is 0.367 e. The SMILES string of the molecule is C=CC(=O)Nc1cc(Nc2ncc(Cl)c(Nc3ccccc3S(=O)(=O)N(C)C)n2)c(C)cc1N1CCN(C)CC1. The fourth-order valence-corrected chi connectivity index (χ4v) is 5.35. The van der Waals surface area contributed by atoms with Crippen LogP contribution in [0.1, 0.15) is 5.56 Å². The van der Waals surface area contributed by atoms with Crippen molar-refractivity contribution in [2.24, 2.45) is 0 Å². The lowest BCUT2D eigenvalue weighted by atomic mass is 10.1. The van der Waals surface area contributed by atoms with Gasteiger partial charge in [-0.1, -0.05) is 30.3 Å². The molecule has 0 bridgehead atoms. The molecule has 1 fully saturated rings. The summed E-state index contributed by atoms with van der Waals surface area (Å²) in [6, 6.07) is 10.4. The summed E-state index contributed by atoms with van der Waals surface area (Å²) in [7, 11) is 1.30. The molecule has 0 unspecified atom stereocenters. The minimum Gasteiger partial charge on any atom is -0.367 e. The molecule has 11 nitrogen and oxygen atoms in total. The zero-order chi connectivity index (χ0) is 29.0. The predicted molar refractivity (Wildman–Crippen MR) is 161 cm³/mol. The Kier molecular flexibility index (Phi) is 8.94. The number of halogens is 1. The number of amides is 1. The number of para-hydroxylation sites is 1. The minimum atomic E-state index is -3.72. The van der Waals surface area contributed by atoms with E-state index in [1.54, 1.807) is 18.2 Å². The van der Waals surface area contributed by atoms with E-state index in [9.17, 15) is 13.2 Å². The van der Waals surface area contributed by atoms with E-state index >= 15 is 0 Å². The zero-order valence-corrected chi connectivity index (χ0v) is 24.5. The second kappa shape index (κ2) is 12.2. The predicted octanol–water partition coefficient (Wildman–Crippen LogP) is 4.05. The number of hydrogen-bond acceptors (Lipinski definition) is 9. The van der Waals surface area contributed by atoms with Gasteiger partial charge in [-0.15, -0.1) is 0 Å². The zero-order valence-electron chi connectivity index (χ0n) is 22.9. The molecular formula is C27H33ClN8O3S. The molecule has 2 aromatic carbocycles. The Morgan fingerprint density at radius 2 is 1.77 bits per heavy atom. The van der Waals surface area contributed by atoms with Crippen molar-refractivity contribution in [2.45, 2.75) is 11.8 Å². The van der Waals surface area contributed by atoms with E-state index in [4.69, 9.17) is 11.6 Å². The van der Waals surface area contributed by atoms with Gasteiger partial charge in [-0.05, 0) is 49.9 Å².